The van der Waals surface area contributed by atoms with Gasteiger partial charge in [0.2, 0.25) is 0 Å². The van der Waals surface area contributed by atoms with Gasteiger partial charge >= 0.3 is 12.0 Å². The van der Waals surface area contributed by atoms with Gasteiger partial charge in [0.1, 0.15) is 0 Å². The molecule has 1 heterocycles. The minimum atomic E-state index is -0.839. The molecule has 1 rings (SSSR count). The van der Waals surface area contributed by atoms with Crippen LogP contribution >= 0.6 is 0 Å². The SMILES string of the molecule is CC(CCNC(=O)N1CCC(CCO)C1)C(=O)O. The van der Waals surface area contributed by atoms with E-state index in [-0.39, 0.29) is 12.6 Å². The summed E-state index contributed by atoms with van der Waals surface area (Å²) in [5.41, 5.74) is 0. The number of carbonyl (C=O) groups is 2. The van der Waals surface area contributed by atoms with E-state index in [9.17, 15) is 9.59 Å². The van der Waals surface area contributed by atoms with Crippen LogP contribution in [0.5, 0.6) is 0 Å². The number of rotatable bonds is 6. The van der Waals surface area contributed by atoms with Gasteiger partial charge in [0.05, 0.1) is 5.92 Å². The molecule has 1 aliphatic rings. The van der Waals surface area contributed by atoms with Gasteiger partial charge in [0.15, 0.2) is 0 Å². The second-order valence-electron chi connectivity index (χ2n) is 4.87. The van der Waals surface area contributed by atoms with E-state index in [1.54, 1.807) is 11.8 Å². The van der Waals surface area contributed by atoms with Gasteiger partial charge in [-0.25, -0.2) is 4.79 Å². The highest BCUT2D eigenvalue weighted by atomic mass is 16.4. The summed E-state index contributed by atoms with van der Waals surface area (Å²) in [5.74, 6) is -0.891. The van der Waals surface area contributed by atoms with Gasteiger partial charge < -0.3 is 20.4 Å². The molecule has 0 saturated carbocycles. The fourth-order valence-corrected chi connectivity index (χ4v) is 2.07. The lowest BCUT2D eigenvalue weighted by molar-refractivity contribution is -0.141. The Balaban J connectivity index is 2.20. The van der Waals surface area contributed by atoms with Gasteiger partial charge in [-0.3, -0.25) is 4.79 Å². The number of carboxylic acids is 1. The Morgan fingerprint density at radius 2 is 2.22 bits per heavy atom. The van der Waals surface area contributed by atoms with Gasteiger partial charge in [0, 0.05) is 26.2 Å². The lowest BCUT2D eigenvalue weighted by Gasteiger charge is -2.17. The number of carboxylic acid groups (broad SMARTS) is 1. The van der Waals surface area contributed by atoms with Crippen LogP contribution in [0.25, 0.3) is 0 Å². The van der Waals surface area contributed by atoms with Crippen LogP contribution < -0.4 is 5.32 Å². The Bertz CT molecular complexity index is 296. The summed E-state index contributed by atoms with van der Waals surface area (Å²) in [6, 6.07) is -0.131. The molecule has 0 radical (unpaired) electrons. The molecule has 1 saturated heterocycles. The summed E-state index contributed by atoms with van der Waals surface area (Å²) in [6.07, 6.45) is 2.11. The molecule has 2 atom stereocenters. The van der Waals surface area contributed by atoms with Crippen LogP contribution in [0, 0.1) is 11.8 Å². The maximum atomic E-state index is 11.8. The quantitative estimate of drug-likeness (QED) is 0.647. The molecule has 0 spiro atoms. The molecule has 1 aliphatic heterocycles. The smallest absolute Gasteiger partial charge is 0.317 e. The van der Waals surface area contributed by atoms with Crippen LogP contribution in [0.15, 0.2) is 0 Å². The zero-order valence-corrected chi connectivity index (χ0v) is 10.8. The van der Waals surface area contributed by atoms with Crippen molar-refractivity contribution < 1.29 is 19.8 Å². The standard InChI is InChI=1S/C12H22N2O4/c1-9(11(16)17)2-5-13-12(18)14-6-3-10(8-14)4-7-15/h9-10,15H,2-8H2,1H3,(H,13,18)(H,16,17). The maximum Gasteiger partial charge on any atom is 0.317 e. The Labute approximate surface area is 107 Å². The molecule has 0 aromatic carbocycles. The number of likely N-dealkylation sites (tertiary alicyclic amines) is 1. The Morgan fingerprint density at radius 3 is 2.83 bits per heavy atom. The van der Waals surface area contributed by atoms with Crippen molar-refractivity contribution in [3.8, 4) is 0 Å². The fourth-order valence-electron chi connectivity index (χ4n) is 2.07. The van der Waals surface area contributed by atoms with Crippen molar-refractivity contribution in [1.82, 2.24) is 10.2 Å². The van der Waals surface area contributed by atoms with E-state index in [0.29, 0.717) is 32.0 Å². The Kier molecular flexibility index (Phi) is 5.91. The average molecular weight is 258 g/mol. The summed E-state index contributed by atoms with van der Waals surface area (Å²) in [6.45, 7) is 3.57. The zero-order chi connectivity index (χ0) is 13.5. The van der Waals surface area contributed by atoms with E-state index in [4.69, 9.17) is 10.2 Å². The lowest BCUT2D eigenvalue weighted by Crippen LogP contribution is -2.39. The number of nitrogens with zero attached hydrogens (tertiary/aromatic N) is 1. The second-order valence-corrected chi connectivity index (χ2v) is 4.87. The molecule has 6 heteroatoms. The van der Waals surface area contributed by atoms with Crippen molar-refractivity contribution in [2.45, 2.75) is 26.2 Å². The topological polar surface area (TPSA) is 89.9 Å². The predicted octanol–water partition coefficient (Wildman–Crippen LogP) is 0.511. The minimum Gasteiger partial charge on any atom is -0.481 e. The van der Waals surface area contributed by atoms with Crippen molar-refractivity contribution in [1.29, 1.82) is 0 Å². The molecular formula is C12H22N2O4. The maximum absolute atomic E-state index is 11.8. The van der Waals surface area contributed by atoms with Gasteiger partial charge in [-0.2, -0.15) is 0 Å². The highest BCUT2D eigenvalue weighted by Crippen LogP contribution is 2.18. The van der Waals surface area contributed by atoms with E-state index < -0.39 is 11.9 Å². The molecule has 2 amide bonds. The highest BCUT2D eigenvalue weighted by molar-refractivity contribution is 5.74. The van der Waals surface area contributed by atoms with E-state index in [1.165, 1.54) is 0 Å². The first-order valence-electron chi connectivity index (χ1n) is 6.41. The summed E-state index contributed by atoms with van der Waals surface area (Å²) < 4.78 is 0. The largest absolute Gasteiger partial charge is 0.481 e. The second kappa shape index (κ2) is 7.20. The lowest BCUT2D eigenvalue weighted by atomic mass is 10.1. The summed E-state index contributed by atoms with van der Waals surface area (Å²) in [5, 5.41) is 20.3. The summed E-state index contributed by atoms with van der Waals surface area (Å²) >= 11 is 0. The molecular weight excluding hydrogens is 236 g/mol. The number of nitrogens with one attached hydrogen (secondary N) is 1. The van der Waals surface area contributed by atoms with Gasteiger partial charge in [-0.1, -0.05) is 6.92 Å². The first kappa shape index (κ1) is 14.8. The van der Waals surface area contributed by atoms with Crippen LogP contribution in [0.2, 0.25) is 0 Å². The molecule has 18 heavy (non-hydrogen) atoms. The molecule has 1 fully saturated rings. The molecule has 0 bridgehead atoms. The monoisotopic (exact) mass is 258 g/mol. The first-order valence-corrected chi connectivity index (χ1v) is 6.41. The van der Waals surface area contributed by atoms with Crippen LogP contribution in [-0.4, -0.2) is 53.4 Å². The molecule has 3 N–H and O–H groups in total. The molecule has 104 valence electrons. The molecule has 0 aromatic heterocycles. The predicted molar refractivity (Wildman–Crippen MR) is 66.2 cm³/mol. The number of aliphatic hydroxyl groups excluding tert-OH is 1. The fraction of sp³-hybridized carbons (Fsp3) is 0.833. The number of urea groups is 1. The number of aliphatic carboxylic acids is 1. The molecule has 0 aliphatic carbocycles. The molecule has 6 nitrogen and oxygen atoms in total. The van der Waals surface area contributed by atoms with E-state index >= 15 is 0 Å². The number of hydrogen-bond donors (Lipinski definition) is 3. The third kappa shape index (κ3) is 4.52. The summed E-state index contributed by atoms with van der Waals surface area (Å²) in [4.78, 5) is 24.1. The Morgan fingerprint density at radius 1 is 1.50 bits per heavy atom. The zero-order valence-electron chi connectivity index (χ0n) is 10.8. The normalized spacial score (nSPS) is 20.8. The average Bonchev–Trinajstić information content (AvgIpc) is 2.77. The summed E-state index contributed by atoms with van der Waals surface area (Å²) in [7, 11) is 0. The minimum absolute atomic E-state index is 0.131. The third-order valence-electron chi connectivity index (χ3n) is 3.39. The Hall–Kier alpha value is -1.30. The van der Waals surface area contributed by atoms with Crippen molar-refractivity contribution in [2.75, 3.05) is 26.2 Å². The first-order chi connectivity index (χ1) is 8.54. The van der Waals surface area contributed by atoms with Crippen LogP contribution in [0.4, 0.5) is 4.79 Å². The number of carbonyl (C=O) groups excluding carboxylic acids is 1. The molecule has 0 aromatic rings. The van der Waals surface area contributed by atoms with Gasteiger partial charge in [-0.15, -0.1) is 0 Å². The van der Waals surface area contributed by atoms with Crippen molar-refractivity contribution in [2.24, 2.45) is 11.8 Å². The number of amides is 2. The van der Waals surface area contributed by atoms with Crippen molar-refractivity contribution in [3.05, 3.63) is 0 Å². The van der Waals surface area contributed by atoms with Crippen molar-refractivity contribution >= 4 is 12.0 Å². The van der Waals surface area contributed by atoms with Crippen molar-refractivity contribution in [3.63, 3.8) is 0 Å². The van der Waals surface area contributed by atoms with Gasteiger partial charge in [-0.05, 0) is 25.2 Å². The van der Waals surface area contributed by atoms with Crippen LogP contribution in [0.1, 0.15) is 26.2 Å². The van der Waals surface area contributed by atoms with E-state index in [2.05, 4.69) is 5.32 Å². The van der Waals surface area contributed by atoms with E-state index in [0.717, 1.165) is 12.8 Å². The van der Waals surface area contributed by atoms with Gasteiger partial charge in [0.25, 0.3) is 0 Å². The highest BCUT2D eigenvalue weighted by Gasteiger charge is 2.25. The van der Waals surface area contributed by atoms with E-state index in [1.807, 2.05) is 0 Å². The van der Waals surface area contributed by atoms with Crippen LogP contribution in [-0.2, 0) is 4.79 Å². The van der Waals surface area contributed by atoms with Crippen LogP contribution in [0.3, 0.4) is 0 Å². The third-order valence-corrected chi connectivity index (χ3v) is 3.39. The number of aliphatic hydroxyl groups is 1. The number of hydrogen-bond acceptors (Lipinski definition) is 3. The molecule has 2 unspecified atom stereocenters.